The molecule has 0 aromatic heterocycles. The van der Waals surface area contributed by atoms with Gasteiger partial charge in [0.1, 0.15) is 25.4 Å². The molecule has 2 aliphatic rings. The number of hydrogen-bond donors (Lipinski definition) is 0. The van der Waals surface area contributed by atoms with Gasteiger partial charge >= 0.3 is 11.9 Å². The van der Waals surface area contributed by atoms with Crippen LogP contribution in [-0.4, -0.2) is 55.0 Å². The second kappa shape index (κ2) is 26.0. The van der Waals surface area contributed by atoms with Gasteiger partial charge in [0, 0.05) is 10.3 Å². The monoisotopic (exact) mass is 1070 g/mol. The summed E-state index contributed by atoms with van der Waals surface area (Å²) in [5.74, 6) is 0.245. The summed E-state index contributed by atoms with van der Waals surface area (Å²) in [4.78, 5) is 28.9. The first kappa shape index (κ1) is 53.7. The zero-order chi connectivity index (χ0) is 48.8. The van der Waals surface area contributed by atoms with E-state index in [0.717, 1.165) is 44.1 Å². The summed E-state index contributed by atoms with van der Waals surface area (Å²) in [5, 5.41) is 0. The van der Waals surface area contributed by atoms with Crippen molar-refractivity contribution in [2.45, 2.75) is 121 Å². The first-order valence-electron chi connectivity index (χ1n) is 25.6. The van der Waals surface area contributed by atoms with Crippen LogP contribution in [0.3, 0.4) is 0 Å². The van der Waals surface area contributed by atoms with Crippen LogP contribution < -0.4 is 0 Å². The highest BCUT2D eigenvalue weighted by Crippen LogP contribution is 2.50. The third-order valence-electron chi connectivity index (χ3n) is 15.5. The lowest BCUT2D eigenvalue weighted by Crippen LogP contribution is -2.39. The summed E-state index contributed by atoms with van der Waals surface area (Å²) in [6, 6.07) is 65.2. The first-order chi connectivity index (χ1) is 34.2. The van der Waals surface area contributed by atoms with Crippen LogP contribution in [0.5, 0.6) is 0 Å². The van der Waals surface area contributed by atoms with E-state index >= 15 is 0 Å². The summed E-state index contributed by atoms with van der Waals surface area (Å²) in [6.45, 7) is 8.31. The molecule has 374 valence electrons. The predicted molar refractivity (Wildman–Crippen MR) is 296 cm³/mol. The fourth-order valence-corrected chi connectivity index (χ4v) is 12.0. The van der Waals surface area contributed by atoms with Crippen molar-refractivity contribution >= 4 is 34.5 Å². The Morgan fingerprint density at radius 3 is 1.15 bits per heavy atom. The SMILES string of the molecule is C.CCC(c1ccccc1)C(C)(CCC(CC(CC(CC(CC(c1ccccc1)C(C)(CI)C(=O)OCC1CO1)c1ccccc1)c1ccccc1)c1ccccc1)c1ccccc1)C(=O)OCC1CO1. The Morgan fingerprint density at radius 2 is 0.803 bits per heavy atom. The molecule has 7 heteroatoms. The molecule has 10 unspecified atom stereocenters. The molecule has 0 saturated carbocycles. The third kappa shape index (κ3) is 14.3. The summed E-state index contributed by atoms with van der Waals surface area (Å²) in [5.41, 5.74) is 6.01. The average Bonchev–Trinajstić information content (AvgIpc) is 4.38. The van der Waals surface area contributed by atoms with Crippen LogP contribution in [-0.2, 0) is 28.5 Å². The lowest BCUT2D eigenvalue weighted by molar-refractivity contribution is -0.158. The van der Waals surface area contributed by atoms with Crippen molar-refractivity contribution in [2.24, 2.45) is 10.8 Å². The Balaban J connectivity index is 0.00000741. The third-order valence-corrected chi connectivity index (χ3v) is 17.1. The number of carbonyl (C=O) groups is 2. The standard InChI is InChI=1S/C63H71IO6.CH4/c1-4-58(50-31-19-9-20-32-50)62(2,60(65)69-43-56-41-67-56)36-35-52(46-23-11-5-12-24-46)37-53(47-25-13-6-14-26-47)38-54(48-27-15-7-16-28-48)39-55(49-29-17-8-18-30-49)40-59(51-33-21-10-22-34-51)63(3,45-64)61(66)70-44-57-42-68-57;/h5-34,52-59H,4,35-45H2,1-3H3;1H4. The van der Waals surface area contributed by atoms with Crippen molar-refractivity contribution < 1.29 is 28.5 Å². The van der Waals surface area contributed by atoms with Crippen molar-refractivity contribution in [3.05, 3.63) is 215 Å². The molecule has 2 heterocycles. The molecule has 6 aromatic rings. The van der Waals surface area contributed by atoms with Crippen molar-refractivity contribution in [3.63, 3.8) is 0 Å². The predicted octanol–water partition coefficient (Wildman–Crippen LogP) is 15.4. The number of rotatable bonds is 27. The van der Waals surface area contributed by atoms with E-state index < -0.39 is 10.8 Å². The second-order valence-electron chi connectivity index (χ2n) is 20.3. The number of esters is 2. The van der Waals surface area contributed by atoms with Crippen LogP contribution in [0.2, 0.25) is 0 Å². The maximum Gasteiger partial charge on any atom is 0.313 e. The average molecular weight is 1070 g/mol. The van der Waals surface area contributed by atoms with E-state index in [4.69, 9.17) is 18.9 Å². The minimum atomic E-state index is -0.772. The van der Waals surface area contributed by atoms with Gasteiger partial charge in [0.25, 0.3) is 0 Å². The number of carbonyl (C=O) groups excluding carboxylic acids is 2. The molecule has 71 heavy (non-hydrogen) atoms. The second-order valence-corrected chi connectivity index (χ2v) is 21.1. The highest BCUT2D eigenvalue weighted by molar-refractivity contribution is 14.1. The molecular weight excluding hydrogens is 992 g/mol. The van der Waals surface area contributed by atoms with Gasteiger partial charge in [0.15, 0.2) is 0 Å². The molecular formula is C64H75IO6. The molecule has 0 amide bonds. The molecule has 6 nitrogen and oxygen atoms in total. The molecule has 10 atom stereocenters. The van der Waals surface area contributed by atoms with Gasteiger partial charge < -0.3 is 18.9 Å². The number of epoxide rings is 2. The maximum atomic E-state index is 14.5. The molecule has 2 saturated heterocycles. The Hall–Kier alpha value is -5.09. The number of ether oxygens (including phenoxy) is 4. The van der Waals surface area contributed by atoms with E-state index in [1.54, 1.807) is 0 Å². The minimum absolute atomic E-state index is 0. The summed E-state index contributed by atoms with van der Waals surface area (Å²) in [6.07, 6.45) is 5.81. The van der Waals surface area contributed by atoms with Gasteiger partial charge in [-0.25, -0.2) is 0 Å². The fraction of sp³-hybridized carbons (Fsp3) is 0.406. The van der Waals surface area contributed by atoms with Crippen LogP contribution >= 0.6 is 22.6 Å². The van der Waals surface area contributed by atoms with Crippen LogP contribution in [0.1, 0.15) is 142 Å². The smallest absolute Gasteiger partial charge is 0.313 e. The molecule has 0 radical (unpaired) electrons. The molecule has 2 aliphatic heterocycles. The Bertz CT molecular complexity index is 2480. The van der Waals surface area contributed by atoms with Gasteiger partial charge in [-0.15, -0.1) is 0 Å². The van der Waals surface area contributed by atoms with Gasteiger partial charge in [0.05, 0.1) is 24.0 Å². The molecule has 0 bridgehead atoms. The van der Waals surface area contributed by atoms with E-state index in [0.29, 0.717) is 37.3 Å². The van der Waals surface area contributed by atoms with Crippen LogP contribution in [0, 0.1) is 10.8 Å². The highest BCUT2D eigenvalue weighted by atomic mass is 127. The number of alkyl halides is 1. The van der Waals surface area contributed by atoms with E-state index in [1.165, 1.54) is 27.8 Å². The summed E-state index contributed by atoms with van der Waals surface area (Å²) < 4.78 is 23.7. The van der Waals surface area contributed by atoms with Crippen molar-refractivity contribution in [1.29, 1.82) is 0 Å². The maximum absolute atomic E-state index is 14.5. The summed E-state index contributed by atoms with van der Waals surface area (Å²) >= 11 is 2.40. The molecule has 0 aliphatic carbocycles. The van der Waals surface area contributed by atoms with Crippen LogP contribution in [0.15, 0.2) is 182 Å². The lowest BCUT2D eigenvalue weighted by atomic mass is 9.66. The molecule has 6 aromatic carbocycles. The van der Waals surface area contributed by atoms with Gasteiger partial charge in [-0.05, 0) is 122 Å². The summed E-state index contributed by atoms with van der Waals surface area (Å²) in [7, 11) is 0. The zero-order valence-electron chi connectivity index (χ0n) is 41.3. The Morgan fingerprint density at radius 1 is 0.493 bits per heavy atom. The lowest BCUT2D eigenvalue weighted by Gasteiger charge is -2.38. The fourth-order valence-electron chi connectivity index (χ4n) is 11.1. The highest BCUT2D eigenvalue weighted by Gasteiger charge is 2.46. The normalized spacial score (nSPS) is 19.2. The van der Waals surface area contributed by atoms with Crippen molar-refractivity contribution in [1.82, 2.24) is 0 Å². The van der Waals surface area contributed by atoms with Crippen molar-refractivity contribution in [3.8, 4) is 0 Å². The molecule has 0 N–H and O–H groups in total. The van der Waals surface area contributed by atoms with Gasteiger partial charge in [-0.2, -0.15) is 0 Å². The van der Waals surface area contributed by atoms with E-state index in [-0.39, 0.29) is 67.1 Å². The Kier molecular flexibility index (Phi) is 19.7. The Labute approximate surface area is 438 Å². The van der Waals surface area contributed by atoms with Gasteiger partial charge in [-0.1, -0.05) is 219 Å². The zero-order valence-corrected chi connectivity index (χ0v) is 43.4. The van der Waals surface area contributed by atoms with Crippen molar-refractivity contribution in [2.75, 3.05) is 30.9 Å². The first-order valence-corrected chi connectivity index (χ1v) is 27.1. The van der Waals surface area contributed by atoms with E-state index in [9.17, 15) is 9.59 Å². The van der Waals surface area contributed by atoms with E-state index in [2.05, 4.69) is 219 Å². The van der Waals surface area contributed by atoms with E-state index in [1.807, 2.05) is 6.07 Å². The minimum Gasteiger partial charge on any atom is -0.462 e. The number of hydrogen-bond acceptors (Lipinski definition) is 6. The molecule has 2 fully saturated rings. The largest absolute Gasteiger partial charge is 0.462 e. The van der Waals surface area contributed by atoms with Gasteiger partial charge in [-0.3, -0.25) is 9.59 Å². The quantitative estimate of drug-likeness (QED) is 0.0221. The number of halogens is 1. The number of benzene rings is 6. The molecule has 8 rings (SSSR count). The van der Waals surface area contributed by atoms with Crippen LogP contribution in [0.25, 0.3) is 0 Å². The van der Waals surface area contributed by atoms with Gasteiger partial charge in [0.2, 0.25) is 0 Å². The van der Waals surface area contributed by atoms with Crippen LogP contribution in [0.4, 0.5) is 0 Å². The molecule has 0 spiro atoms. The topological polar surface area (TPSA) is 77.7 Å².